The van der Waals surface area contributed by atoms with Crippen molar-refractivity contribution in [1.29, 1.82) is 0 Å². The Morgan fingerprint density at radius 1 is 1.62 bits per heavy atom. The zero-order chi connectivity index (χ0) is 11.5. The molecule has 1 fully saturated rings. The Bertz CT molecular complexity index is 416. The van der Waals surface area contributed by atoms with Gasteiger partial charge in [0, 0.05) is 18.5 Å². The molecule has 0 radical (unpaired) electrons. The number of nitrogens with one attached hydrogen (secondary N) is 2. The van der Waals surface area contributed by atoms with Crippen LogP contribution in [0.3, 0.4) is 0 Å². The maximum Gasteiger partial charge on any atom is 0.252 e. The first kappa shape index (κ1) is 11.1. The second-order valence-electron chi connectivity index (χ2n) is 4.36. The van der Waals surface area contributed by atoms with E-state index in [1.54, 1.807) is 6.92 Å². The second kappa shape index (κ2) is 4.65. The normalized spacial score (nSPS) is 24.6. The number of anilines is 1. The molecule has 1 aliphatic rings. The van der Waals surface area contributed by atoms with E-state index >= 15 is 0 Å². The molecule has 0 saturated heterocycles. The van der Waals surface area contributed by atoms with Crippen molar-refractivity contribution in [2.45, 2.75) is 32.3 Å². The molecule has 16 heavy (non-hydrogen) atoms. The van der Waals surface area contributed by atoms with Gasteiger partial charge in [0.05, 0.1) is 6.10 Å². The van der Waals surface area contributed by atoms with Gasteiger partial charge in [0.1, 0.15) is 11.6 Å². The highest BCUT2D eigenvalue weighted by Crippen LogP contribution is 2.25. The zero-order valence-corrected chi connectivity index (χ0v) is 9.36. The van der Waals surface area contributed by atoms with Gasteiger partial charge in [0.2, 0.25) is 0 Å². The number of rotatable bonds is 3. The molecule has 3 N–H and O–H groups in total. The molecule has 88 valence electrons. The van der Waals surface area contributed by atoms with Crippen LogP contribution in [0.2, 0.25) is 0 Å². The van der Waals surface area contributed by atoms with Gasteiger partial charge in [-0.3, -0.25) is 4.79 Å². The van der Waals surface area contributed by atoms with Crippen LogP contribution < -0.4 is 10.9 Å². The molecule has 5 nitrogen and oxygen atoms in total. The third kappa shape index (κ3) is 2.61. The summed E-state index contributed by atoms with van der Waals surface area (Å²) >= 11 is 0. The Labute approximate surface area is 93.9 Å². The minimum absolute atomic E-state index is 0.151. The molecular weight excluding hydrogens is 206 g/mol. The van der Waals surface area contributed by atoms with Crippen LogP contribution in [0.25, 0.3) is 0 Å². The Balaban J connectivity index is 1.96. The molecule has 1 heterocycles. The number of aliphatic hydroxyl groups is 1. The van der Waals surface area contributed by atoms with Gasteiger partial charge in [-0.05, 0) is 19.8 Å². The second-order valence-corrected chi connectivity index (χ2v) is 4.36. The Morgan fingerprint density at radius 3 is 3.06 bits per heavy atom. The molecule has 1 aromatic rings. The Morgan fingerprint density at radius 2 is 2.44 bits per heavy atom. The summed E-state index contributed by atoms with van der Waals surface area (Å²) in [5, 5.41) is 12.8. The Kier molecular flexibility index (Phi) is 3.24. The summed E-state index contributed by atoms with van der Waals surface area (Å²) in [5.41, 5.74) is -0.151. The van der Waals surface area contributed by atoms with Crippen LogP contribution in [0, 0.1) is 12.8 Å². The number of H-pyrrole nitrogens is 1. The maximum atomic E-state index is 11.2. The van der Waals surface area contributed by atoms with E-state index in [1.807, 2.05) is 0 Å². The average Bonchev–Trinajstić information content (AvgIpc) is 2.59. The topological polar surface area (TPSA) is 78.0 Å². The van der Waals surface area contributed by atoms with Gasteiger partial charge in [-0.1, -0.05) is 6.42 Å². The van der Waals surface area contributed by atoms with Crippen LogP contribution >= 0.6 is 0 Å². The lowest BCUT2D eigenvalue weighted by atomic mass is 10.1. The molecule has 2 unspecified atom stereocenters. The van der Waals surface area contributed by atoms with Crippen LogP contribution in [-0.2, 0) is 0 Å². The van der Waals surface area contributed by atoms with E-state index in [0.29, 0.717) is 18.2 Å². The van der Waals surface area contributed by atoms with E-state index in [2.05, 4.69) is 15.3 Å². The van der Waals surface area contributed by atoms with Gasteiger partial charge in [0.15, 0.2) is 0 Å². The molecule has 0 aromatic carbocycles. The van der Waals surface area contributed by atoms with E-state index < -0.39 is 0 Å². The number of aromatic nitrogens is 2. The van der Waals surface area contributed by atoms with Crippen molar-refractivity contribution in [2.75, 3.05) is 11.9 Å². The van der Waals surface area contributed by atoms with Gasteiger partial charge >= 0.3 is 0 Å². The summed E-state index contributed by atoms with van der Waals surface area (Å²) in [4.78, 5) is 17.9. The SMILES string of the molecule is Cc1nc(NCC2CCCC2O)cc(=O)[nH]1. The quantitative estimate of drug-likeness (QED) is 0.703. The minimum Gasteiger partial charge on any atom is -0.393 e. The van der Waals surface area contributed by atoms with Crippen LogP contribution in [0.1, 0.15) is 25.1 Å². The summed E-state index contributed by atoms with van der Waals surface area (Å²) in [6.45, 7) is 2.42. The molecule has 1 aliphatic carbocycles. The van der Waals surface area contributed by atoms with Crippen molar-refractivity contribution in [2.24, 2.45) is 5.92 Å². The number of nitrogens with zero attached hydrogens (tertiary/aromatic N) is 1. The smallest absolute Gasteiger partial charge is 0.252 e. The third-order valence-corrected chi connectivity index (χ3v) is 3.02. The molecule has 0 amide bonds. The van der Waals surface area contributed by atoms with Gasteiger partial charge in [-0.2, -0.15) is 0 Å². The highest BCUT2D eigenvalue weighted by Gasteiger charge is 2.24. The molecule has 0 aliphatic heterocycles. The van der Waals surface area contributed by atoms with Crippen LogP contribution in [-0.4, -0.2) is 27.7 Å². The van der Waals surface area contributed by atoms with Crippen LogP contribution in [0.15, 0.2) is 10.9 Å². The first-order chi connectivity index (χ1) is 7.65. The highest BCUT2D eigenvalue weighted by molar-refractivity contribution is 5.32. The van der Waals surface area contributed by atoms with Crippen molar-refractivity contribution in [3.8, 4) is 0 Å². The highest BCUT2D eigenvalue weighted by atomic mass is 16.3. The monoisotopic (exact) mass is 223 g/mol. The molecule has 2 rings (SSSR count). The summed E-state index contributed by atoms with van der Waals surface area (Å²) < 4.78 is 0. The standard InChI is InChI=1S/C11H17N3O2/c1-7-13-10(5-11(16)14-7)12-6-8-3-2-4-9(8)15/h5,8-9,15H,2-4,6H2,1H3,(H2,12,13,14,16). The first-order valence-corrected chi connectivity index (χ1v) is 5.65. The number of aromatic amines is 1. The average molecular weight is 223 g/mol. The molecule has 1 saturated carbocycles. The lowest BCUT2D eigenvalue weighted by Gasteiger charge is -2.15. The lowest BCUT2D eigenvalue weighted by Crippen LogP contribution is -2.23. The minimum atomic E-state index is -0.212. The summed E-state index contributed by atoms with van der Waals surface area (Å²) in [7, 11) is 0. The molecule has 0 spiro atoms. The molecule has 5 heteroatoms. The van der Waals surface area contributed by atoms with Crippen molar-refractivity contribution < 1.29 is 5.11 Å². The van der Waals surface area contributed by atoms with Crippen molar-refractivity contribution in [3.63, 3.8) is 0 Å². The van der Waals surface area contributed by atoms with Crippen molar-refractivity contribution in [1.82, 2.24) is 9.97 Å². The van der Waals surface area contributed by atoms with Gasteiger partial charge in [0.25, 0.3) is 5.56 Å². The number of hydrogen-bond acceptors (Lipinski definition) is 4. The molecule has 1 aromatic heterocycles. The van der Waals surface area contributed by atoms with Crippen LogP contribution in [0.4, 0.5) is 5.82 Å². The summed E-state index contributed by atoms with van der Waals surface area (Å²) in [6, 6.07) is 1.44. The predicted octanol–water partition coefficient (Wildman–Crippen LogP) is 0.651. The first-order valence-electron chi connectivity index (χ1n) is 5.65. The summed E-state index contributed by atoms with van der Waals surface area (Å²) in [6.07, 6.45) is 2.79. The Hall–Kier alpha value is -1.36. The molecule has 0 bridgehead atoms. The third-order valence-electron chi connectivity index (χ3n) is 3.02. The van der Waals surface area contributed by atoms with Crippen molar-refractivity contribution in [3.05, 3.63) is 22.2 Å². The molecule has 2 atom stereocenters. The van der Waals surface area contributed by atoms with E-state index in [9.17, 15) is 9.90 Å². The fraction of sp³-hybridized carbons (Fsp3) is 0.636. The van der Waals surface area contributed by atoms with Crippen molar-refractivity contribution >= 4 is 5.82 Å². The largest absolute Gasteiger partial charge is 0.393 e. The van der Waals surface area contributed by atoms with E-state index in [1.165, 1.54) is 6.07 Å². The van der Waals surface area contributed by atoms with Gasteiger partial charge in [-0.25, -0.2) is 4.98 Å². The summed E-state index contributed by atoms with van der Waals surface area (Å²) in [5.74, 6) is 1.46. The van der Waals surface area contributed by atoms with Gasteiger partial charge < -0.3 is 15.4 Å². The van der Waals surface area contributed by atoms with E-state index in [-0.39, 0.29) is 17.6 Å². The number of aryl methyl sites for hydroxylation is 1. The molecular formula is C11H17N3O2. The fourth-order valence-electron chi connectivity index (χ4n) is 2.16. The van der Waals surface area contributed by atoms with E-state index in [0.717, 1.165) is 19.3 Å². The van der Waals surface area contributed by atoms with Crippen LogP contribution in [0.5, 0.6) is 0 Å². The lowest BCUT2D eigenvalue weighted by molar-refractivity contribution is 0.138. The number of aliphatic hydroxyl groups excluding tert-OH is 1. The van der Waals surface area contributed by atoms with Gasteiger partial charge in [-0.15, -0.1) is 0 Å². The predicted molar refractivity (Wildman–Crippen MR) is 61.4 cm³/mol. The fourth-order valence-corrected chi connectivity index (χ4v) is 2.16. The van der Waals surface area contributed by atoms with E-state index in [4.69, 9.17) is 0 Å². The number of hydrogen-bond donors (Lipinski definition) is 3. The zero-order valence-electron chi connectivity index (χ0n) is 9.36. The maximum absolute atomic E-state index is 11.2.